The number of rotatable bonds is 3. The van der Waals surface area contributed by atoms with Gasteiger partial charge in [0.2, 0.25) is 5.91 Å². The molecule has 0 bridgehead atoms. The summed E-state index contributed by atoms with van der Waals surface area (Å²) in [5.41, 5.74) is 5.88. The maximum Gasteiger partial charge on any atom is 0.271 e. The summed E-state index contributed by atoms with van der Waals surface area (Å²) in [7, 11) is 0. The fourth-order valence-corrected chi connectivity index (χ4v) is 2.83. The van der Waals surface area contributed by atoms with E-state index in [1.54, 1.807) is 47.4 Å². The molecule has 1 aliphatic heterocycles. The molecular formula is C18H16ClN3O3. The summed E-state index contributed by atoms with van der Waals surface area (Å²) in [4.78, 5) is 38.0. The van der Waals surface area contributed by atoms with Crippen LogP contribution in [0.5, 0.6) is 0 Å². The van der Waals surface area contributed by atoms with E-state index in [1.807, 2.05) is 0 Å². The molecule has 25 heavy (non-hydrogen) atoms. The van der Waals surface area contributed by atoms with Gasteiger partial charge in [-0.3, -0.25) is 25.2 Å². The van der Waals surface area contributed by atoms with Gasteiger partial charge in [0.05, 0.1) is 11.3 Å². The molecule has 2 aromatic carbocycles. The molecule has 0 unspecified atom stereocenters. The molecule has 1 saturated heterocycles. The van der Waals surface area contributed by atoms with E-state index < -0.39 is 11.8 Å². The van der Waals surface area contributed by atoms with E-state index in [9.17, 15) is 14.4 Å². The molecular weight excluding hydrogens is 342 g/mol. The number of halogens is 1. The van der Waals surface area contributed by atoms with E-state index in [4.69, 9.17) is 11.6 Å². The highest BCUT2D eigenvalue weighted by Crippen LogP contribution is 2.28. The highest BCUT2D eigenvalue weighted by atomic mass is 35.5. The molecule has 1 aliphatic rings. The number of nitrogens with zero attached hydrogens (tertiary/aromatic N) is 1. The van der Waals surface area contributed by atoms with E-state index in [1.165, 1.54) is 6.07 Å². The molecule has 128 valence electrons. The first-order valence-electron chi connectivity index (χ1n) is 7.82. The monoisotopic (exact) mass is 357 g/mol. The number of benzene rings is 2. The van der Waals surface area contributed by atoms with Crippen LogP contribution in [0.1, 0.15) is 33.6 Å². The molecule has 2 aromatic rings. The largest absolute Gasteiger partial charge is 0.312 e. The fraction of sp³-hybridized carbons (Fsp3) is 0.167. The second-order valence-corrected chi connectivity index (χ2v) is 6.02. The Hall–Kier alpha value is -2.86. The van der Waals surface area contributed by atoms with Crippen LogP contribution in [-0.4, -0.2) is 24.3 Å². The predicted molar refractivity (Wildman–Crippen MR) is 94.4 cm³/mol. The minimum Gasteiger partial charge on any atom is -0.312 e. The van der Waals surface area contributed by atoms with Crippen LogP contribution in [0.2, 0.25) is 5.02 Å². The van der Waals surface area contributed by atoms with Gasteiger partial charge in [0.25, 0.3) is 11.8 Å². The normalized spacial score (nSPS) is 13.6. The van der Waals surface area contributed by atoms with Gasteiger partial charge >= 0.3 is 0 Å². The van der Waals surface area contributed by atoms with Crippen molar-refractivity contribution in [3.8, 4) is 0 Å². The quantitative estimate of drug-likeness (QED) is 0.828. The molecule has 6 nitrogen and oxygen atoms in total. The van der Waals surface area contributed by atoms with Crippen molar-refractivity contribution in [3.63, 3.8) is 0 Å². The average Bonchev–Trinajstić information content (AvgIpc) is 3.06. The third-order valence-corrected chi connectivity index (χ3v) is 4.13. The van der Waals surface area contributed by atoms with Gasteiger partial charge in [0, 0.05) is 23.6 Å². The fourth-order valence-electron chi connectivity index (χ4n) is 2.67. The Morgan fingerprint density at radius 2 is 1.72 bits per heavy atom. The molecule has 0 aromatic heterocycles. The Balaban J connectivity index is 1.76. The first-order valence-corrected chi connectivity index (χ1v) is 8.20. The van der Waals surface area contributed by atoms with Crippen LogP contribution in [-0.2, 0) is 4.79 Å². The number of anilines is 1. The number of amides is 3. The van der Waals surface area contributed by atoms with Crippen LogP contribution >= 0.6 is 11.6 Å². The maximum absolute atomic E-state index is 12.5. The van der Waals surface area contributed by atoms with E-state index in [-0.39, 0.29) is 11.5 Å². The molecule has 7 heteroatoms. The van der Waals surface area contributed by atoms with Gasteiger partial charge in [-0.2, -0.15) is 0 Å². The summed E-state index contributed by atoms with van der Waals surface area (Å²) >= 11 is 6.02. The highest BCUT2D eigenvalue weighted by Gasteiger charge is 2.26. The molecule has 1 heterocycles. The average molecular weight is 358 g/mol. The smallest absolute Gasteiger partial charge is 0.271 e. The molecule has 3 amide bonds. The first-order chi connectivity index (χ1) is 12.1. The Bertz CT molecular complexity index is 824. The van der Waals surface area contributed by atoms with Crippen LogP contribution in [0, 0.1) is 0 Å². The topological polar surface area (TPSA) is 78.5 Å². The summed E-state index contributed by atoms with van der Waals surface area (Å²) in [5.74, 6) is -0.998. The maximum atomic E-state index is 12.5. The van der Waals surface area contributed by atoms with Gasteiger partial charge in [0.1, 0.15) is 0 Å². The zero-order chi connectivity index (χ0) is 17.8. The number of hydrogen-bond donors (Lipinski definition) is 2. The Morgan fingerprint density at radius 3 is 2.40 bits per heavy atom. The lowest BCUT2D eigenvalue weighted by atomic mass is 10.1. The van der Waals surface area contributed by atoms with Gasteiger partial charge in [-0.15, -0.1) is 0 Å². The zero-order valence-electron chi connectivity index (χ0n) is 13.3. The van der Waals surface area contributed by atoms with Crippen LogP contribution in [0.4, 0.5) is 5.69 Å². The lowest BCUT2D eigenvalue weighted by Crippen LogP contribution is -2.42. The minimum atomic E-state index is -0.518. The molecule has 0 spiro atoms. The first kappa shape index (κ1) is 17.0. The standard InChI is InChI=1S/C18H16ClN3O3/c19-13-8-9-14(15(11-13)22-10-4-7-16(22)23)18(25)21-20-17(24)12-5-2-1-3-6-12/h1-3,5-6,8-9,11H,4,7,10H2,(H,20,24)(H,21,25). The van der Waals surface area contributed by atoms with Crippen LogP contribution in [0.3, 0.4) is 0 Å². The van der Waals surface area contributed by atoms with Crippen molar-refractivity contribution in [2.45, 2.75) is 12.8 Å². The number of carbonyl (C=O) groups excluding carboxylic acids is 3. The van der Waals surface area contributed by atoms with Crippen molar-refractivity contribution >= 4 is 35.0 Å². The van der Waals surface area contributed by atoms with Gasteiger partial charge in [0.15, 0.2) is 0 Å². The van der Waals surface area contributed by atoms with Crippen LogP contribution < -0.4 is 15.8 Å². The SMILES string of the molecule is O=C(NNC(=O)c1ccc(Cl)cc1N1CCCC1=O)c1ccccc1. The van der Waals surface area contributed by atoms with Crippen molar-refractivity contribution in [3.05, 3.63) is 64.7 Å². The van der Waals surface area contributed by atoms with E-state index in [0.717, 1.165) is 6.42 Å². The molecule has 0 radical (unpaired) electrons. The Kier molecular flexibility index (Phi) is 5.00. The summed E-state index contributed by atoms with van der Waals surface area (Å²) in [6.07, 6.45) is 1.18. The summed E-state index contributed by atoms with van der Waals surface area (Å²) < 4.78 is 0. The van der Waals surface area contributed by atoms with Crippen molar-refractivity contribution in [2.75, 3.05) is 11.4 Å². The van der Waals surface area contributed by atoms with E-state index in [2.05, 4.69) is 10.9 Å². The van der Waals surface area contributed by atoms with Crippen LogP contribution in [0.15, 0.2) is 48.5 Å². The number of hydrazine groups is 1. The zero-order valence-corrected chi connectivity index (χ0v) is 14.0. The summed E-state index contributed by atoms with van der Waals surface area (Å²) in [5, 5.41) is 0.430. The Morgan fingerprint density at radius 1 is 1.00 bits per heavy atom. The molecule has 0 aliphatic carbocycles. The number of nitrogens with one attached hydrogen (secondary N) is 2. The molecule has 0 saturated carbocycles. The third-order valence-electron chi connectivity index (χ3n) is 3.89. The van der Waals surface area contributed by atoms with Crippen molar-refractivity contribution < 1.29 is 14.4 Å². The van der Waals surface area contributed by atoms with Gasteiger partial charge in [-0.25, -0.2) is 0 Å². The van der Waals surface area contributed by atoms with Gasteiger partial charge in [-0.1, -0.05) is 29.8 Å². The number of hydrogen-bond acceptors (Lipinski definition) is 3. The highest BCUT2D eigenvalue weighted by molar-refractivity contribution is 6.31. The van der Waals surface area contributed by atoms with Gasteiger partial charge in [-0.05, 0) is 36.8 Å². The van der Waals surface area contributed by atoms with Crippen molar-refractivity contribution in [1.29, 1.82) is 0 Å². The van der Waals surface area contributed by atoms with Gasteiger partial charge < -0.3 is 4.90 Å². The Labute approximate surface area is 149 Å². The van der Waals surface area contributed by atoms with E-state index in [0.29, 0.717) is 29.2 Å². The van der Waals surface area contributed by atoms with Crippen molar-refractivity contribution in [1.82, 2.24) is 10.9 Å². The predicted octanol–water partition coefficient (Wildman–Crippen LogP) is 2.54. The number of carbonyl (C=O) groups is 3. The van der Waals surface area contributed by atoms with Crippen LogP contribution in [0.25, 0.3) is 0 Å². The molecule has 1 fully saturated rings. The second kappa shape index (κ2) is 7.36. The minimum absolute atomic E-state index is 0.0513. The lowest BCUT2D eigenvalue weighted by Gasteiger charge is -2.19. The molecule has 2 N–H and O–H groups in total. The summed E-state index contributed by atoms with van der Waals surface area (Å²) in [6.45, 7) is 0.538. The van der Waals surface area contributed by atoms with Crippen molar-refractivity contribution in [2.24, 2.45) is 0 Å². The molecule has 0 atom stereocenters. The van der Waals surface area contributed by atoms with E-state index >= 15 is 0 Å². The summed E-state index contributed by atoms with van der Waals surface area (Å²) in [6, 6.07) is 13.2. The third kappa shape index (κ3) is 3.80. The second-order valence-electron chi connectivity index (χ2n) is 5.58. The molecule has 3 rings (SSSR count). The lowest BCUT2D eigenvalue weighted by molar-refractivity contribution is -0.117.